The van der Waals surface area contributed by atoms with E-state index in [2.05, 4.69) is 11.2 Å². The molecule has 0 fully saturated rings. The number of ether oxygens (including phenoxy) is 1. The number of carboxylic acid groups (broad SMARTS) is 1. The van der Waals surface area contributed by atoms with Gasteiger partial charge >= 0.3 is 12.0 Å². The zero-order valence-electron chi connectivity index (χ0n) is 11.4. The average molecular weight is 288 g/mol. The molecule has 0 spiro atoms. The lowest BCUT2D eigenvalue weighted by Gasteiger charge is -2.28. The maximum atomic E-state index is 12.2. The predicted octanol–water partition coefficient (Wildman–Crippen LogP) is 1.24. The quantitative estimate of drug-likeness (QED) is 0.817. The number of carboxylic acids is 1. The molecule has 0 aromatic heterocycles. The van der Waals surface area contributed by atoms with Gasteiger partial charge in [0.25, 0.3) is 0 Å². The smallest absolute Gasteiger partial charge is 0.323 e. The van der Waals surface area contributed by atoms with Crippen LogP contribution in [0.4, 0.5) is 4.79 Å². The summed E-state index contributed by atoms with van der Waals surface area (Å²) < 4.78 is 5.52. The molecule has 0 bridgehead atoms. The predicted molar refractivity (Wildman–Crippen MR) is 75.9 cm³/mol. The summed E-state index contributed by atoms with van der Waals surface area (Å²) in [5, 5.41) is 11.6. The number of para-hydroxylation sites is 1. The number of hydrogen-bond donors (Lipinski definition) is 2. The molecule has 0 radical (unpaired) electrons. The summed E-state index contributed by atoms with van der Waals surface area (Å²) in [4.78, 5) is 24.0. The van der Waals surface area contributed by atoms with Gasteiger partial charge in [-0.1, -0.05) is 24.1 Å². The molecule has 110 valence electrons. The summed E-state index contributed by atoms with van der Waals surface area (Å²) in [6.07, 6.45) is 5.79. The van der Waals surface area contributed by atoms with Gasteiger partial charge in [0, 0.05) is 12.0 Å². The van der Waals surface area contributed by atoms with Crippen LogP contribution in [0.1, 0.15) is 18.0 Å². The third-order valence-corrected chi connectivity index (χ3v) is 3.15. The number of nitrogens with one attached hydrogen (secondary N) is 1. The zero-order valence-corrected chi connectivity index (χ0v) is 11.4. The van der Waals surface area contributed by atoms with Crippen LogP contribution in [0, 0.1) is 12.3 Å². The molecule has 0 saturated carbocycles. The van der Waals surface area contributed by atoms with Gasteiger partial charge in [0.15, 0.2) is 0 Å². The monoisotopic (exact) mass is 288 g/mol. The Hall–Kier alpha value is -2.68. The molecule has 1 aliphatic rings. The SMILES string of the molecule is C#CCN(CC(=O)O)C(=O)NC1CCOc2ccccc21. The minimum absolute atomic E-state index is 0.0526. The third-order valence-electron chi connectivity index (χ3n) is 3.15. The van der Waals surface area contributed by atoms with Gasteiger partial charge in [-0.15, -0.1) is 6.42 Å². The fourth-order valence-electron chi connectivity index (χ4n) is 2.21. The van der Waals surface area contributed by atoms with Gasteiger partial charge in [-0.3, -0.25) is 4.79 Å². The van der Waals surface area contributed by atoms with Crippen LogP contribution in [0.3, 0.4) is 0 Å². The number of urea groups is 1. The van der Waals surface area contributed by atoms with Gasteiger partial charge < -0.3 is 20.1 Å². The van der Waals surface area contributed by atoms with E-state index in [-0.39, 0.29) is 12.6 Å². The fourth-order valence-corrected chi connectivity index (χ4v) is 2.21. The first-order valence-electron chi connectivity index (χ1n) is 6.54. The molecule has 2 amide bonds. The normalized spacial score (nSPS) is 16.0. The number of benzene rings is 1. The Labute approximate surface area is 122 Å². The molecule has 0 saturated heterocycles. The van der Waals surface area contributed by atoms with Crippen LogP contribution in [0.15, 0.2) is 24.3 Å². The lowest BCUT2D eigenvalue weighted by Crippen LogP contribution is -2.45. The van der Waals surface area contributed by atoms with E-state index in [4.69, 9.17) is 16.3 Å². The molecule has 1 aliphatic heterocycles. The van der Waals surface area contributed by atoms with Gasteiger partial charge in [0.05, 0.1) is 19.2 Å². The minimum atomic E-state index is -1.10. The van der Waals surface area contributed by atoms with Gasteiger partial charge in [-0.2, -0.15) is 0 Å². The zero-order chi connectivity index (χ0) is 15.2. The van der Waals surface area contributed by atoms with E-state index >= 15 is 0 Å². The van der Waals surface area contributed by atoms with Crippen LogP contribution in [0.2, 0.25) is 0 Å². The van der Waals surface area contributed by atoms with Crippen LogP contribution in [-0.4, -0.2) is 41.7 Å². The van der Waals surface area contributed by atoms with Crippen LogP contribution in [-0.2, 0) is 4.79 Å². The lowest BCUT2D eigenvalue weighted by atomic mass is 10.0. The van der Waals surface area contributed by atoms with Crippen molar-refractivity contribution in [1.82, 2.24) is 10.2 Å². The van der Waals surface area contributed by atoms with Crippen LogP contribution in [0.25, 0.3) is 0 Å². The van der Waals surface area contributed by atoms with Crippen molar-refractivity contribution in [3.8, 4) is 18.1 Å². The Morgan fingerprint density at radius 1 is 1.48 bits per heavy atom. The summed E-state index contributed by atoms with van der Waals surface area (Å²) in [6.45, 7) is 0.0138. The highest BCUT2D eigenvalue weighted by molar-refractivity contribution is 5.80. The standard InChI is InChI=1S/C15H16N2O4/c1-2-8-17(10-14(18)19)15(20)16-12-7-9-21-13-6-4-3-5-11(12)13/h1,3-6,12H,7-10H2,(H,16,20)(H,18,19). The van der Waals surface area contributed by atoms with Crippen molar-refractivity contribution in [2.45, 2.75) is 12.5 Å². The van der Waals surface area contributed by atoms with Crippen molar-refractivity contribution in [1.29, 1.82) is 0 Å². The van der Waals surface area contributed by atoms with Gasteiger partial charge in [-0.05, 0) is 6.07 Å². The summed E-state index contributed by atoms with van der Waals surface area (Å²) >= 11 is 0. The molecule has 0 aliphatic carbocycles. The summed E-state index contributed by atoms with van der Waals surface area (Å²) in [5.41, 5.74) is 0.882. The van der Waals surface area contributed by atoms with Crippen molar-refractivity contribution < 1.29 is 19.4 Å². The summed E-state index contributed by atoms with van der Waals surface area (Å²) in [7, 11) is 0. The molecule has 6 heteroatoms. The number of nitrogens with zero attached hydrogens (tertiary/aromatic N) is 1. The van der Waals surface area contributed by atoms with E-state index < -0.39 is 18.5 Å². The first kappa shape index (κ1) is 14.7. The van der Waals surface area contributed by atoms with Crippen molar-refractivity contribution in [3.63, 3.8) is 0 Å². The molecular weight excluding hydrogens is 272 g/mol. The van der Waals surface area contributed by atoms with Gasteiger partial charge in [0.1, 0.15) is 12.3 Å². The van der Waals surface area contributed by atoms with E-state index in [9.17, 15) is 9.59 Å². The second-order valence-electron chi connectivity index (χ2n) is 4.63. The lowest BCUT2D eigenvalue weighted by molar-refractivity contribution is -0.137. The van der Waals surface area contributed by atoms with Gasteiger partial charge in [0.2, 0.25) is 0 Å². The van der Waals surface area contributed by atoms with E-state index in [1.54, 1.807) is 0 Å². The molecule has 1 aromatic carbocycles. The van der Waals surface area contributed by atoms with Crippen LogP contribution < -0.4 is 10.1 Å². The second-order valence-corrected chi connectivity index (χ2v) is 4.63. The third kappa shape index (κ3) is 3.66. The van der Waals surface area contributed by atoms with Crippen molar-refractivity contribution >= 4 is 12.0 Å². The minimum Gasteiger partial charge on any atom is -0.493 e. The average Bonchev–Trinajstić information content (AvgIpc) is 2.47. The van der Waals surface area contributed by atoms with Crippen molar-refractivity contribution in [2.75, 3.05) is 19.7 Å². The number of carbonyl (C=O) groups excluding carboxylic acids is 1. The maximum absolute atomic E-state index is 12.2. The number of carbonyl (C=O) groups is 2. The number of terminal acetylenes is 1. The molecular formula is C15H16N2O4. The fraction of sp³-hybridized carbons (Fsp3) is 0.333. The molecule has 6 nitrogen and oxygen atoms in total. The molecule has 2 N–H and O–H groups in total. The van der Waals surface area contributed by atoms with E-state index in [1.807, 2.05) is 24.3 Å². The van der Waals surface area contributed by atoms with Crippen molar-refractivity contribution in [2.24, 2.45) is 0 Å². The van der Waals surface area contributed by atoms with E-state index in [1.165, 1.54) is 0 Å². The summed E-state index contributed by atoms with van der Waals surface area (Å²) in [6, 6.07) is 6.74. The number of fused-ring (bicyclic) bond motifs is 1. The second kappa shape index (κ2) is 6.66. The Kier molecular flexibility index (Phi) is 4.67. The molecule has 2 rings (SSSR count). The Balaban J connectivity index is 2.09. The molecule has 1 unspecified atom stereocenters. The largest absolute Gasteiger partial charge is 0.493 e. The number of aliphatic carboxylic acids is 1. The maximum Gasteiger partial charge on any atom is 0.323 e. The Bertz CT molecular complexity index is 579. The van der Waals surface area contributed by atoms with E-state index in [0.29, 0.717) is 13.0 Å². The number of rotatable bonds is 4. The topological polar surface area (TPSA) is 78.9 Å². The molecule has 1 aromatic rings. The number of amides is 2. The molecule has 21 heavy (non-hydrogen) atoms. The highest BCUT2D eigenvalue weighted by atomic mass is 16.5. The summed E-state index contributed by atoms with van der Waals surface area (Å²) in [5.74, 6) is 1.92. The first-order valence-corrected chi connectivity index (χ1v) is 6.54. The first-order chi connectivity index (χ1) is 10.1. The van der Waals surface area contributed by atoms with Crippen LogP contribution >= 0.6 is 0 Å². The van der Waals surface area contributed by atoms with Crippen LogP contribution in [0.5, 0.6) is 5.75 Å². The molecule has 1 heterocycles. The number of hydrogen-bond acceptors (Lipinski definition) is 3. The molecule has 1 atom stereocenters. The Morgan fingerprint density at radius 2 is 2.24 bits per heavy atom. The Morgan fingerprint density at radius 3 is 2.95 bits per heavy atom. The van der Waals surface area contributed by atoms with Crippen molar-refractivity contribution in [3.05, 3.63) is 29.8 Å². The highest BCUT2D eigenvalue weighted by Gasteiger charge is 2.25. The van der Waals surface area contributed by atoms with Gasteiger partial charge in [-0.25, -0.2) is 4.79 Å². The highest BCUT2D eigenvalue weighted by Crippen LogP contribution is 2.31. The van der Waals surface area contributed by atoms with E-state index in [0.717, 1.165) is 16.2 Å².